The maximum Gasteiger partial charge on any atom is 0.314 e. The van der Waals surface area contributed by atoms with Gasteiger partial charge < -0.3 is 57.1 Å². The summed E-state index contributed by atoms with van der Waals surface area (Å²) in [6.45, 7) is 11.1. The van der Waals surface area contributed by atoms with Gasteiger partial charge in [0.25, 0.3) is 0 Å². The minimum Gasteiger partial charge on any atom is -0.462 e. The van der Waals surface area contributed by atoms with E-state index in [4.69, 9.17) is 16.2 Å². The number of nitrogens with one attached hydrogen (secondary N) is 2. The fraction of sp³-hybridized carbons (Fsp3) is 0.763. The molecule has 10 rings (SSSR count). The van der Waals surface area contributed by atoms with Crippen LogP contribution in [-0.2, 0) is 19.1 Å². The normalized spacial score (nSPS) is 47.0. The number of hydrogen-bond donors (Lipinski definition) is 10. The second-order valence-electron chi connectivity index (χ2n) is 25.8. The lowest BCUT2D eigenvalue weighted by Crippen LogP contribution is -2.66. The Hall–Kier alpha value is -4.04. The Morgan fingerprint density at radius 3 is 2.46 bits per heavy atom. The molecule has 0 radical (unpaired) electrons. The molecule has 23 atom stereocenters. The Bertz CT molecular complexity index is 2490. The zero-order chi connectivity index (χ0) is 53.0. The van der Waals surface area contributed by atoms with E-state index < -0.39 is 94.1 Å². The molecule has 1 aromatic heterocycles. The van der Waals surface area contributed by atoms with Gasteiger partial charge in [-0.3, -0.25) is 19.4 Å². The molecule has 1 saturated heterocycles. The van der Waals surface area contributed by atoms with Gasteiger partial charge in [-0.1, -0.05) is 45.3 Å². The highest BCUT2D eigenvalue weighted by molar-refractivity contribution is 6.00. The van der Waals surface area contributed by atoms with Gasteiger partial charge in [-0.15, -0.1) is 5.92 Å². The molecular formula is C59H85N5O10. The number of carbonyl (C=O) groups is 3. The first kappa shape index (κ1) is 53.4. The number of guanidine groups is 1. The number of hydrogen-bond acceptors (Lipinski definition) is 12. The number of ketones is 2. The molecule has 1 aliphatic heterocycles. The summed E-state index contributed by atoms with van der Waals surface area (Å²) >= 11 is 0. The number of nitrogens with zero attached hydrogens (tertiary/aromatic N) is 1. The van der Waals surface area contributed by atoms with Gasteiger partial charge in [0.15, 0.2) is 17.5 Å². The summed E-state index contributed by atoms with van der Waals surface area (Å²) < 4.78 is 6.36. The van der Waals surface area contributed by atoms with Crippen LogP contribution in [0.25, 0.3) is 0 Å². The number of rotatable bonds is 10. The molecule has 6 fully saturated rings. The Labute approximate surface area is 437 Å². The SMILES string of the molecule is CCC1OC(=O)C(c2cc[nH]c2)C1C1C#CCC2CC3(O)C4=C(NC(CO)C(C)=O)C(=O)C5CC(O)C(O)CC5(C)C4CCC3(CCN=C(N)N)C2C(C)(O)C(O)CC(C)C2C3C=C4CCC(C)CC4C2C1CC3. The van der Waals surface area contributed by atoms with Crippen LogP contribution in [0.5, 0.6) is 0 Å². The molecule has 5 saturated carbocycles. The molecule has 9 aliphatic rings. The molecule has 8 aliphatic carbocycles. The quantitative estimate of drug-likeness (QED) is 0.0497. The number of aliphatic hydroxyl groups is 6. The largest absolute Gasteiger partial charge is 0.462 e. The fourth-order valence-corrected chi connectivity index (χ4v) is 18.8. The number of nitrogens with two attached hydrogens (primary N) is 2. The van der Waals surface area contributed by atoms with Crippen molar-refractivity contribution < 1.29 is 49.8 Å². The zero-order valence-corrected chi connectivity index (χ0v) is 44.5. The average Bonchev–Trinajstić information content (AvgIpc) is 4.06. The molecule has 0 aromatic carbocycles. The van der Waals surface area contributed by atoms with Crippen LogP contribution < -0.4 is 16.8 Å². The van der Waals surface area contributed by atoms with Crippen molar-refractivity contribution in [3.63, 3.8) is 0 Å². The van der Waals surface area contributed by atoms with Crippen molar-refractivity contribution >= 4 is 23.5 Å². The first-order valence-corrected chi connectivity index (χ1v) is 28.3. The van der Waals surface area contributed by atoms with Crippen molar-refractivity contribution in [1.82, 2.24) is 10.3 Å². The number of Topliss-reactive ketones (excluding diaryl/α,β-unsaturated/α-hetero) is 2. The third-order valence-electron chi connectivity index (χ3n) is 22.0. The molecular weight excluding hydrogens is 939 g/mol. The van der Waals surface area contributed by atoms with Crippen LogP contribution in [0.2, 0.25) is 0 Å². The lowest BCUT2D eigenvalue weighted by molar-refractivity contribution is -0.190. The van der Waals surface area contributed by atoms with E-state index in [0.29, 0.717) is 43.1 Å². The van der Waals surface area contributed by atoms with Gasteiger partial charge in [0.2, 0.25) is 0 Å². The minimum absolute atomic E-state index is 0.0213. The van der Waals surface area contributed by atoms with E-state index in [2.05, 4.69) is 54.0 Å². The van der Waals surface area contributed by atoms with E-state index in [1.165, 1.54) is 6.92 Å². The highest BCUT2D eigenvalue weighted by Crippen LogP contribution is 2.73. The maximum atomic E-state index is 15.3. The number of aromatic nitrogens is 1. The lowest BCUT2D eigenvalue weighted by atomic mass is 9.44. The average molecular weight is 1020 g/mol. The molecule has 0 amide bonds. The van der Waals surface area contributed by atoms with E-state index in [9.17, 15) is 40.2 Å². The third-order valence-corrected chi connectivity index (χ3v) is 22.0. The highest BCUT2D eigenvalue weighted by Gasteiger charge is 2.74. The molecule has 74 heavy (non-hydrogen) atoms. The molecule has 15 heteroatoms. The number of fused-ring (bicyclic) bond motifs is 8. The number of esters is 1. The van der Waals surface area contributed by atoms with Crippen LogP contribution in [0.1, 0.15) is 143 Å². The van der Waals surface area contributed by atoms with Crippen LogP contribution in [0.15, 0.2) is 46.4 Å². The first-order valence-electron chi connectivity index (χ1n) is 28.3. The maximum absolute atomic E-state index is 15.3. The Kier molecular flexibility index (Phi) is 14.2. The van der Waals surface area contributed by atoms with Gasteiger partial charge in [-0.2, -0.15) is 0 Å². The van der Waals surface area contributed by atoms with Crippen molar-refractivity contribution in [3.8, 4) is 11.8 Å². The molecule has 2 heterocycles. The molecule has 23 unspecified atom stereocenters. The predicted molar refractivity (Wildman–Crippen MR) is 278 cm³/mol. The van der Waals surface area contributed by atoms with Crippen molar-refractivity contribution in [1.29, 1.82) is 0 Å². The number of aliphatic hydroxyl groups excluding tert-OH is 4. The van der Waals surface area contributed by atoms with Crippen LogP contribution >= 0.6 is 0 Å². The fourth-order valence-electron chi connectivity index (χ4n) is 18.8. The predicted octanol–water partition coefficient (Wildman–Crippen LogP) is 4.79. The standard InChI is InChI=1S/C59H85N5O10/c1-7-44-49(47(54(71)74-44)35-16-19-62-27-35)36-10-8-9-34-25-59(73)50-39(56(5)26-43(68)42(67)24-40(56)52(70)51(50)64-41(28-65)31(4)66)15-17-58(59,18-20-63-55(60)61)53(34)57(6,72)45(69)22-30(3)46-33-13-14-37(36)48(46)38-21-29(2)11-12-32(38)23-33/h16,19,23,27,29-30,33-34,36-49,53,62,64-65,67-69,72-73H,7,9,11-15,17-18,20-22,24-26,28H2,1-6H3,(H4,60,61,63). The minimum atomic E-state index is -1.90. The number of aromatic amines is 1. The Morgan fingerprint density at radius 2 is 1.77 bits per heavy atom. The Morgan fingerprint density at radius 1 is 1.00 bits per heavy atom. The van der Waals surface area contributed by atoms with Crippen molar-refractivity contribution in [2.45, 2.75) is 179 Å². The van der Waals surface area contributed by atoms with Gasteiger partial charge in [0.1, 0.15) is 12.1 Å². The molecule has 4 bridgehead atoms. The van der Waals surface area contributed by atoms with Crippen LogP contribution in [0.4, 0.5) is 0 Å². The summed E-state index contributed by atoms with van der Waals surface area (Å²) in [6, 6.07) is 0.793. The second kappa shape index (κ2) is 19.8. The van der Waals surface area contributed by atoms with Crippen LogP contribution in [-0.4, -0.2) is 114 Å². The molecule has 12 N–H and O–H groups in total. The Balaban J connectivity index is 1.18. The van der Waals surface area contributed by atoms with Crippen molar-refractivity contribution in [3.05, 3.63) is 46.9 Å². The number of H-pyrrole nitrogens is 1. The van der Waals surface area contributed by atoms with E-state index >= 15 is 4.79 Å². The summed E-state index contributed by atoms with van der Waals surface area (Å²) in [7, 11) is 0. The summed E-state index contributed by atoms with van der Waals surface area (Å²) in [5.41, 5.74) is 8.91. The number of cyclic esters (lactones) is 1. The topological polar surface area (TPSA) is 274 Å². The number of carbonyl (C=O) groups excluding carboxylic acids is 3. The van der Waals surface area contributed by atoms with E-state index in [1.54, 1.807) is 12.5 Å². The van der Waals surface area contributed by atoms with Gasteiger partial charge >= 0.3 is 5.97 Å². The summed E-state index contributed by atoms with van der Waals surface area (Å²) in [6.07, 6.45) is 9.75. The monoisotopic (exact) mass is 1020 g/mol. The van der Waals surface area contributed by atoms with Gasteiger partial charge in [0, 0.05) is 54.4 Å². The number of allylic oxidation sites excluding steroid dienone is 3. The molecule has 1 aromatic rings. The summed E-state index contributed by atoms with van der Waals surface area (Å²) in [4.78, 5) is 50.4. The van der Waals surface area contributed by atoms with Crippen LogP contribution in [0.3, 0.4) is 0 Å². The lowest BCUT2D eigenvalue weighted by Gasteiger charge is -2.62. The van der Waals surface area contributed by atoms with Gasteiger partial charge in [-0.25, -0.2) is 0 Å². The molecule has 15 nitrogen and oxygen atoms in total. The molecule has 0 spiro atoms. The number of ether oxygens (including phenoxy) is 1. The zero-order valence-electron chi connectivity index (χ0n) is 44.5. The van der Waals surface area contributed by atoms with Gasteiger partial charge in [0.05, 0.1) is 47.7 Å². The number of aliphatic imine (C=N–C) groups is 1. The van der Waals surface area contributed by atoms with Crippen molar-refractivity contribution in [2.24, 2.45) is 104 Å². The smallest absolute Gasteiger partial charge is 0.314 e. The molecule has 406 valence electrons. The van der Waals surface area contributed by atoms with E-state index in [0.717, 1.165) is 37.7 Å². The van der Waals surface area contributed by atoms with Crippen LogP contribution in [0, 0.1) is 99.6 Å². The van der Waals surface area contributed by atoms with E-state index in [-0.39, 0.29) is 104 Å². The van der Waals surface area contributed by atoms with Crippen molar-refractivity contribution in [2.75, 3.05) is 13.2 Å². The second-order valence-corrected chi connectivity index (χ2v) is 25.8. The summed E-state index contributed by atoms with van der Waals surface area (Å²) in [5.74, 6) is 4.40. The van der Waals surface area contributed by atoms with E-state index in [1.807, 2.05) is 25.4 Å². The highest BCUT2D eigenvalue weighted by atomic mass is 16.6. The van der Waals surface area contributed by atoms with Gasteiger partial charge in [-0.05, 0) is 173 Å². The first-order chi connectivity index (χ1) is 35.1. The summed E-state index contributed by atoms with van der Waals surface area (Å²) in [5, 5.41) is 77.4. The third kappa shape index (κ3) is 8.36.